The molecule has 4 heteroatoms. The summed E-state index contributed by atoms with van der Waals surface area (Å²) < 4.78 is 0. The molecule has 1 aliphatic rings. The van der Waals surface area contributed by atoms with Crippen LogP contribution < -0.4 is 10.6 Å². The first-order valence-corrected chi connectivity index (χ1v) is 8.26. The smallest absolute Gasteiger partial charge is 0.191 e. The molecular formula is C18H26N4. The van der Waals surface area contributed by atoms with E-state index in [1.807, 2.05) is 7.05 Å². The molecule has 4 nitrogen and oxygen atoms in total. The monoisotopic (exact) mass is 298 g/mol. The van der Waals surface area contributed by atoms with Gasteiger partial charge in [0.25, 0.3) is 0 Å². The van der Waals surface area contributed by atoms with Crippen LogP contribution in [0.4, 0.5) is 0 Å². The molecule has 118 valence electrons. The Labute approximate surface area is 132 Å². The molecule has 1 aromatic carbocycles. The fourth-order valence-electron chi connectivity index (χ4n) is 3.23. The van der Waals surface area contributed by atoms with Crippen molar-refractivity contribution in [3.05, 3.63) is 36.0 Å². The lowest BCUT2D eigenvalue weighted by Gasteiger charge is -2.41. The summed E-state index contributed by atoms with van der Waals surface area (Å²) in [7, 11) is 1.83. The van der Waals surface area contributed by atoms with Crippen LogP contribution in [-0.4, -0.2) is 24.5 Å². The lowest BCUT2D eigenvalue weighted by atomic mass is 9.67. The minimum atomic E-state index is 0.499. The average molecular weight is 298 g/mol. The number of H-pyrrole nitrogens is 1. The molecule has 1 fully saturated rings. The SMILES string of the molecule is CCC1(CNC(=NC)NCc2cc3ccccc3[nH]2)CCC1. The summed E-state index contributed by atoms with van der Waals surface area (Å²) in [5.74, 6) is 0.887. The van der Waals surface area contributed by atoms with Crippen LogP contribution in [0, 0.1) is 5.41 Å². The number of hydrogen-bond acceptors (Lipinski definition) is 1. The molecule has 3 N–H and O–H groups in total. The van der Waals surface area contributed by atoms with Gasteiger partial charge in [0.2, 0.25) is 0 Å². The van der Waals surface area contributed by atoms with E-state index in [0.29, 0.717) is 5.41 Å². The molecule has 0 radical (unpaired) electrons. The molecule has 1 aromatic heterocycles. The first kappa shape index (κ1) is 14.9. The van der Waals surface area contributed by atoms with Crippen LogP contribution >= 0.6 is 0 Å². The Morgan fingerprint density at radius 2 is 2.09 bits per heavy atom. The summed E-state index contributed by atoms with van der Waals surface area (Å²) in [5, 5.41) is 8.14. The third kappa shape index (κ3) is 3.11. The molecule has 0 saturated heterocycles. The van der Waals surface area contributed by atoms with Gasteiger partial charge in [-0.15, -0.1) is 0 Å². The van der Waals surface area contributed by atoms with Crippen molar-refractivity contribution in [1.82, 2.24) is 15.6 Å². The molecule has 1 heterocycles. The van der Waals surface area contributed by atoms with Gasteiger partial charge in [0.1, 0.15) is 0 Å². The fourth-order valence-corrected chi connectivity index (χ4v) is 3.23. The van der Waals surface area contributed by atoms with Crippen LogP contribution in [0.5, 0.6) is 0 Å². The van der Waals surface area contributed by atoms with E-state index in [1.54, 1.807) is 0 Å². The number of hydrogen-bond donors (Lipinski definition) is 3. The van der Waals surface area contributed by atoms with E-state index >= 15 is 0 Å². The summed E-state index contributed by atoms with van der Waals surface area (Å²) >= 11 is 0. The molecule has 3 rings (SSSR count). The number of aliphatic imine (C=N–C) groups is 1. The number of benzene rings is 1. The highest BCUT2D eigenvalue weighted by molar-refractivity contribution is 5.81. The van der Waals surface area contributed by atoms with E-state index in [0.717, 1.165) is 19.0 Å². The van der Waals surface area contributed by atoms with Crippen molar-refractivity contribution < 1.29 is 0 Å². The molecule has 1 aliphatic carbocycles. The molecule has 0 amide bonds. The van der Waals surface area contributed by atoms with Crippen molar-refractivity contribution in [3.63, 3.8) is 0 Å². The lowest BCUT2D eigenvalue weighted by Crippen LogP contribution is -2.46. The van der Waals surface area contributed by atoms with Crippen LogP contribution in [0.2, 0.25) is 0 Å². The zero-order valence-electron chi connectivity index (χ0n) is 13.6. The number of guanidine groups is 1. The Bertz CT molecular complexity index is 613. The predicted molar refractivity (Wildman–Crippen MR) is 93.1 cm³/mol. The van der Waals surface area contributed by atoms with Crippen LogP contribution in [0.3, 0.4) is 0 Å². The maximum absolute atomic E-state index is 4.33. The number of aromatic nitrogens is 1. The summed E-state index contributed by atoms with van der Waals surface area (Å²) in [6, 6.07) is 10.5. The van der Waals surface area contributed by atoms with Gasteiger partial charge in [-0.05, 0) is 42.2 Å². The van der Waals surface area contributed by atoms with Crippen molar-refractivity contribution in [2.24, 2.45) is 10.4 Å². The Morgan fingerprint density at radius 3 is 2.73 bits per heavy atom. The van der Waals surface area contributed by atoms with Crippen molar-refractivity contribution in [3.8, 4) is 0 Å². The number of para-hydroxylation sites is 1. The third-order valence-electron chi connectivity index (χ3n) is 5.05. The second-order valence-electron chi connectivity index (χ2n) is 6.37. The molecule has 0 unspecified atom stereocenters. The van der Waals surface area contributed by atoms with Gasteiger partial charge in [-0.3, -0.25) is 4.99 Å². The van der Waals surface area contributed by atoms with Crippen molar-refractivity contribution in [2.45, 2.75) is 39.2 Å². The van der Waals surface area contributed by atoms with Crippen molar-refractivity contribution in [1.29, 1.82) is 0 Å². The minimum absolute atomic E-state index is 0.499. The van der Waals surface area contributed by atoms with Crippen LogP contribution in [0.15, 0.2) is 35.3 Å². The highest BCUT2D eigenvalue weighted by Gasteiger charge is 2.34. The van der Waals surface area contributed by atoms with Crippen molar-refractivity contribution >= 4 is 16.9 Å². The Morgan fingerprint density at radius 1 is 1.27 bits per heavy atom. The Balaban J connectivity index is 1.54. The van der Waals surface area contributed by atoms with Gasteiger partial charge in [-0.25, -0.2) is 0 Å². The van der Waals surface area contributed by atoms with Crippen molar-refractivity contribution in [2.75, 3.05) is 13.6 Å². The van der Waals surface area contributed by atoms with E-state index in [4.69, 9.17) is 0 Å². The highest BCUT2D eigenvalue weighted by Crippen LogP contribution is 2.42. The summed E-state index contributed by atoms with van der Waals surface area (Å²) in [6.07, 6.45) is 5.31. The quantitative estimate of drug-likeness (QED) is 0.585. The third-order valence-corrected chi connectivity index (χ3v) is 5.05. The van der Waals surface area contributed by atoms with Crippen LogP contribution in [0.1, 0.15) is 38.3 Å². The largest absolute Gasteiger partial charge is 0.357 e. The topological polar surface area (TPSA) is 52.2 Å². The molecule has 0 aliphatic heterocycles. The number of aromatic amines is 1. The molecular weight excluding hydrogens is 272 g/mol. The summed E-state index contributed by atoms with van der Waals surface area (Å²) in [6.45, 7) is 4.07. The zero-order chi connectivity index (χ0) is 15.4. The predicted octanol–water partition coefficient (Wildman–Crippen LogP) is 3.41. The van der Waals surface area contributed by atoms with E-state index in [1.165, 1.54) is 42.3 Å². The Hall–Kier alpha value is -1.97. The molecule has 1 saturated carbocycles. The molecule has 0 atom stereocenters. The van der Waals surface area contributed by atoms with Gasteiger partial charge in [0.15, 0.2) is 5.96 Å². The van der Waals surface area contributed by atoms with Gasteiger partial charge in [-0.1, -0.05) is 31.5 Å². The maximum Gasteiger partial charge on any atom is 0.191 e. The highest BCUT2D eigenvalue weighted by atomic mass is 15.2. The molecule has 0 bridgehead atoms. The van der Waals surface area contributed by atoms with E-state index < -0.39 is 0 Å². The Kier molecular flexibility index (Phi) is 4.36. The van der Waals surface area contributed by atoms with Gasteiger partial charge >= 0.3 is 0 Å². The minimum Gasteiger partial charge on any atom is -0.357 e. The van der Waals surface area contributed by atoms with Crippen LogP contribution in [-0.2, 0) is 6.54 Å². The summed E-state index contributed by atoms with van der Waals surface area (Å²) in [5.41, 5.74) is 2.86. The lowest BCUT2D eigenvalue weighted by molar-refractivity contribution is 0.131. The van der Waals surface area contributed by atoms with Gasteiger partial charge < -0.3 is 15.6 Å². The second kappa shape index (κ2) is 6.42. The normalized spacial score (nSPS) is 17.3. The molecule has 2 aromatic rings. The summed E-state index contributed by atoms with van der Waals surface area (Å²) in [4.78, 5) is 7.77. The van der Waals surface area contributed by atoms with Crippen LogP contribution in [0.25, 0.3) is 10.9 Å². The fraction of sp³-hybridized carbons (Fsp3) is 0.500. The number of nitrogens with one attached hydrogen (secondary N) is 3. The van der Waals surface area contributed by atoms with Gasteiger partial charge in [-0.2, -0.15) is 0 Å². The first-order valence-electron chi connectivity index (χ1n) is 8.26. The van der Waals surface area contributed by atoms with E-state index in [2.05, 4.69) is 57.9 Å². The number of rotatable bonds is 5. The number of nitrogens with zero attached hydrogens (tertiary/aromatic N) is 1. The zero-order valence-corrected chi connectivity index (χ0v) is 13.6. The molecule has 22 heavy (non-hydrogen) atoms. The van der Waals surface area contributed by atoms with E-state index in [9.17, 15) is 0 Å². The average Bonchev–Trinajstić information content (AvgIpc) is 2.92. The van der Waals surface area contributed by atoms with Gasteiger partial charge in [0.05, 0.1) is 6.54 Å². The first-order chi connectivity index (χ1) is 10.7. The number of fused-ring (bicyclic) bond motifs is 1. The van der Waals surface area contributed by atoms with E-state index in [-0.39, 0.29) is 0 Å². The standard InChI is InChI=1S/C18H26N4/c1-3-18(9-6-10-18)13-21-17(19-2)20-12-15-11-14-7-4-5-8-16(14)22-15/h4-5,7-8,11,22H,3,6,9-10,12-13H2,1-2H3,(H2,19,20,21). The second-order valence-corrected chi connectivity index (χ2v) is 6.37. The van der Waals surface area contributed by atoms with Gasteiger partial charge in [0, 0.05) is 24.8 Å². The molecule has 0 spiro atoms. The maximum atomic E-state index is 4.33.